The van der Waals surface area contributed by atoms with Crippen LogP contribution < -0.4 is 5.32 Å². The lowest BCUT2D eigenvalue weighted by Crippen LogP contribution is -2.42. The van der Waals surface area contributed by atoms with Crippen molar-refractivity contribution in [2.45, 2.75) is 13.5 Å². The molecule has 17 heavy (non-hydrogen) atoms. The fourth-order valence-corrected chi connectivity index (χ4v) is 3.47. The fourth-order valence-electron chi connectivity index (χ4n) is 2.39. The van der Waals surface area contributed by atoms with E-state index >= 15 is 0 Å². The van der Waals surface area contributed by atoms with Gasteiger partial charge < -0.3 is 5.32 Å². The molecule has 1 aliphatic heterocycles. The molecule has 2 heterocycles. The lowest BCUT2D eigenvalue weighted by Gasteiger charge is -2.26. The van der Waals surface area contributed by atoms with Gasteiger partial charge in [0.25, 0.3) is 0 Å². The zero-order valence-corrected chi connectivity index (χ0v) is 11.0. The maximum absolute atomic E-state index is 3.40. The van der Waals surface area contributed by atoms with Crippen LogP contribution in [0.3, 0.4) is 0 Å². The van der Waals surface area contributed by atoms with Crippen LogP contribution in [0.1, 0.15) is 10.4 Å². The van der Waals surface area contributed by atoms with E-state index in [1.54, 1.807) is 0 Å². The molecule has 2 nitrogen and oxygen atoms in total. The Labute approximate surface area is 106 Å². The molecule has 1 aromatic carbocycles. The fraction of sp³-hybridized carbons (Fsp3) is 0.429. The van der Waals surface area contributed by atoms with Crippen molar-refractivity contribution >= 4 is 21.4 Å². The minimum Gasteiger partial charge on any atom is -0.314 e. The molecule has 1 fully saturated rings. The first-order chi connectivity index (χ1) is 8.31. The van der Waals surface area contributed by atoms with Gasteiger partial charge in [0.05, 0.1) is 0 Å². The third-order valence-corrected chi connectivity index (χ3v) is 4.41. The molecule has 0 saturated carbocycles. The minimum absolute atomic E-state index is 1.11. The molecule has 1 aromatic heterocycles. The van der Waals surface area contributed by atoms with Gasteiger partial charge in [0.2, 0.25) is 0 Å². The minimum atomic E-state index is 1.11. The van der Waals surface area contributed by atoms with E-state index in [1.807, 2.05) is 11.3 Å². The monoisotopic (exact) mass is 246 g/mol. The Morgan fingerprint density at radius 2 is 2.06 bits per heavy atom. The first kappa shape index (κ1) is 11.2. The second kappa shape index (κ2) is 4.77. The standard InChI is InChI=1S/C14H18N2S/c1-11-2-3-14-12(8-11)9-13(17-14)10-16-6-4-15-5-7-16/h2-3,8-9,15H,4-7,10H2,1H3. The van der Waals surface area contributed by atoms with Crippen LogP contribution in [0.25, 0.3) is 10.1 Å². The predicted octanol–water partition coefficient (Wildman–Crippen LogP) is 2.61. The summed E-state index contributed by atoms with van der Waals surface area (Å²) >= 11 is 1.94. The van der Waals surface area contributed by atoms with Crippen LogP contribution in [0, 0.1) is 6.92 Å². The van der Waals surface area contributed by atoms with Crippen molar-refractivity contribution in [3.63, 3.8) is 0 Å². The van der Waals surface area contributed by atoms with Gasteiger partial charge in [0, 0.05) is 42.3 Å². The van der Waals surface area contributed by atoms with Crippen LogP contribution >= 0.6 is 11.3 Å². The van der Waals surface area contributed by atoms with E-state index < -0.39 is 0 Å². The highest BCUT2D eigenvalue weighted by molar-refractivity contribution is 7.19. The van der Waals surface area contributed by atoms with Crippen LogP contribution in [0.2, 0.25) is 0 Å². The number of benzene rings is 1. The number of fused-ring (bicyclic) bond motifs is 1. The van der Waals surface area contributed by atoms with Gasteiger partial charge in [-0.25, -0.2) is 0 Å². The van der Waals surface area contributed by atoms with Crippen molar-refractivity contribution in [2.24, 2.45) is 0 Å². The highest BCUT2D eigenvalue weighted by atomic mass is 32.1. The Morgan fingerprint density at radius 3 is 2.88 bits per heavy atom. The summed E-state index contributed by atoms with van der Waals surface area (Å²) in [6.07, 6.45) is 0. The van der Waals surface area contributed by atoms with Crippen LogP contribution in [0.4, 0.5) is 0 Å². The first-order valence-electron chi connectivity index (χ1n) is 6.23. The molecular formula is C14H18N2S. The molecule has 0 unspecified atom stereocenters. The third kappa shape index (κ3) is 2.51. The summed E-state index contributed by atoms with van der Waals surface area (Å²) in [5.41, 5.74) is 1.35. The third-order valence-electron chi connectivity index (χ3n) is 3.31. The van der Waals surface area contributed by atoms with Gasteiger partial charge in [0.15, 0.2) is 0 Å². The quantitative estimate of drug-likeness (QED) is 0.876. The second-order valence-electron chi connectivity index (χ2n) is 4.78. The lowest BCUT2D eigenvalue weighted by atomic mass is 10.2. The summed E-state index contributed by atoms with van der Waals surface area (Å²) in [4.78, 5) is 4.03. The summed E-state index contributed by atoms with van der Waals surface area (Å²) < 4.78 is 1.42. The van der Waals surface area contributed by atoms with Gasteiger partial charge in [0.1, 0.15) is 0 Å². The number of nitrogens with one attached hydrogen (secondary N) is 1. The number of aryl methyl sites for hydroxylation is 1. The second-order valence-corrected chi connectivity index (χ2v) is 5.95. The van der Waals surface area contributed by atoms with Crippen LogP contribution in [0.5, 0.6) is 0 Å². The predicted molar refractivity (Wildman–Crippen MR) is 74.7 cm³/mol. The van der Waals surface area contributed by atoms with Gasteiger partial charge in [-0.2, -0.15) is 0 Å². The number of piperazine rings is 1. The Kier molecular flexibility index (Phi) is 3.14. The smallest absolute Gasteiger partial charge is 0.0346 e. The van der Waals surface area contributed by atoms with E-state index in [-0.39, 0.29) is 0 Å². The van der Waals surface area contributed by atoms with Crippen LogP contribution in [-0.2, 0) is 6.54 Å². The Bertz CT molecular complexity index is 512. The molecule has 3 heteroatoms. The maximum Gasteiger partial charge on any atom is 0.0346 e. The topological polar surface area (TPSA) is 15.3 Å². The molecule has 1 saturated heterocycles. The van der Waals surface area contributed by atoms with Gasteiger partial charge in [-0.1, -0.05) is 17.7 Å². The summed E-state index contributed by atoms with van der Waals surface area (Å²) in [6, 6.07) is 9.09. The molecular weight excluding hydrogens is 228 g/mol. The zero-order valence-electron chi connectivity index (χ0n) is 10.2. The van der Waals surface area contributed by atoms with Crippen molar-refractivity contribution in [3.8, 4) is 0 Å². The van der Waals surface area contributed by atoms with Gasteiger partial charge >= 0.3 is 0 Å². The summed E-state index contributed by atoms with van der Waals surface area (Å²) in [7, 11) is 0. The lowest BCUT2D eigenvalue weighted by molar-refractivity contribution is 0.235. The van der Waals surface area contributed by atoms with E-state index in [2.05, 4.69) is 41.4 Å². The van der Waals surface area contributed by atoms with Gasteiger partial charge in [-0.15, -0.1) is 11.3 Å². The van der Waals surface area contributed by atoms with Crippen molar-refractivity contribution in [1.29, 1.82) is 0 Å². The largest absolute Gasteiger partial charge is 0.314 e. The summed E-state index contributed by atoms with van der Waals surface area (Å²) in [5, 5.41) is 4.80. The number of hydrogen-bond donors (Lipinski definition) is 1. The van der Waals surface area contributed by atoms with E-state index in [0.29, 0.717) is 0 Å². The molecule has 0 bridgehead atoms. The van der Waals surface area contributed by atoms with Crippen LogP contribution in [0.15, 0.2) is 24.3 Å². The van der Waals surface area contributed by atoms with Crippen molar-refractivity contribution in [2.75, 3.05) is 26.2 Å². The highest BCUT2D eigenvalue weighted by Crippen LogP contribution is 2.27. The van der Waals surface area contributed by atoms with Crippen molar-refractivity contribution < 1.29 is 0 Å². The van der Waals surface area contributed by atoms with E-state index in [1.165, 1.54) is 33.6 Å². The maximum atomic E-state index is 3.40. The van der Waals surface area contributed by atoms with Crippen molar-refractivity contribution in [1.82, 2.24) is 10.2 Å². The number of rotatable bonds is 2. The molecule has 0 spiro atoms. The van der Waals surface area contributed by atoms with Gasteiger partial charge in [-0.3, -0.25) is 4.90 Å². The Balaban J connectivity index is 1.80. The van der Waals surface area contributed by atoms with Crippen LogP contribution in [-0.4, -0.2) is 31.1 Å². The van der Waals surface area contributed by atoms with E-state index in [9.17, 15) is 0 Å². The number of thiophene rings is 1. The molecule has 2 aromatic rings. The normalized spacial score (nSPS) is 17.7. The number of hydrogen-bond acceptors (Lipinski definition) is 3. The zero-order chi connectivity index (χ0) is 11.7. The Hall–Kier alpha value is -0.900. The Morgan fingerprint density at radius 1 is 1.24 bits per heavy atom. The highest BCUT2D eigenvalue weighted by Gasteiger charge is 2.11. The summed E-state index contributed by atoms with van der Waals surface area (Å²) in [6.45, 7) is 7.88. The molecule has 0 amide bonds. The van der Waals surface area contributed by atoms with Gasteiger partial charge in [-0.05, 0) is 24.4 Å². The van der Waals surface area contributed by atoms with Crippen molar-refractivity contribution in [3.05, 3.63) is 34.7 Å². The molecule has 3 rings (SSSR count). The van der Waals surface area contributed by atoms with E-state index in [0.717, 1.165) is 19.6 Å². The average molecular weight is 246 g/mol. The summed E-state index contributed by atoms with van der Waals surface area (Å²) in [5.74, 6) is 0. The molecule has 0 aliphatic carbocycles. The molecule has 90 valence electrons. The average Bonchev–Trinajstić information content (AvgIpc) is 2.71. The first-order valence-corrected chi connectivity index (χ1v) is 7.05. The SMILES string of the molecule is Cc1ccc2sc(CN3CCNCC3)cc2c1. The molecule has 0 atom stereocenters. The molecule has 0 radical (unpaired) electrons. The van der Waals surface area contributed by atoms with E-state index in [4.69, 9.17) is 0 Å². The molecule has 1 aliphatic rings. The molecule has 1 N–H and O–H groups in total. The number of nitrogens with zero attached hydrogens (tertiary/aromatic N) is 1.